The van der Waals surface area contributed by atoms with Crippen molar-refractivity contribution >= 4 is 71.2 Å². The molecule has 0 aliphatic carbocycles. The van der Waals surface area contributed by atoms with Gasteiger partial charge in [0.2, 0.25) is 0 Å². The highest BCUT2D eigenvalue weighted by Crippen LogP contribution is 2.49. The van der Waals surface area contributed by atoms with Crippen molar-refractivity contribution in [2.45, 2.75) is 224 Å². The average Bonchev–Trinajstić information content (AvgIpc) is 1.61. The molecule has 12 rings (SSSR count). The van der Waals surface area contributed by atoms with Crippen LogP contribution in [0.1, 0.15) is 227 Å². The fraction of sp³-hybridized carbons (Fsp3) is 0.448. The number of nitrogens with zero attached hydrogens (tertiary/aromatic N) is 1. The molecule has 0 radical (unpaired) electrons. The van der Waals surface area contributed by atoms with Gasteiger partial charge in [0, 0.05) is 40.9 Å². The van der Waals surface area contributed by atoms with Crippen LogP contribution < -0.4 is 30.2 Å². The first kappa shape index (κ1) is 89.1. The Hall–Kier alpha value is -6.88. The Labute approximate surface area is 681 Å². The van der Waals surface area contributed by atoms with Crippen LogP contribution in [0.2, 0.25) is 0 Å². The molecule has 4 heterocycles. The van der Waals surface area contributed by atoms with E-state index in [1.807, 2.05) is 136 Å². The van der Waals surface area contributed by atoms with Crippen LogP contribution in [0.25, 0.3) is 0 Å². The molecule has 8 aromatic rings. The zero-order valence-corrected chi connectivity index (χ0v) is 72.7. The third kappa shape index (κ3) is 20.0. The van der Waals surface area contributed by atoms with Gasteiger partial charge in [-0.25, -0.2) is 33.7 Å². The molecule has 25 heteroatoms. The molecule has 112 heavy (non-hydrogen) atoms. The number of unbranched alkanes of at least 4 members (excludes halogenated alkanes) is 4. The van der Waals surface area contributed by atoms with Crippen LogP contribution in [0, 0.1) is 0 Å². The van der Waals surface area contributed by atoms with Gasteiger partial charge in [0.25, 0.3) is 0 Å². The Bertz CT molecular complexity index is 4820. The SMILES string of the molecule is CCCC[C@]1(CC)CS(=O)(=O)c2cc(O)c(O)cc2[C@@H](c2ccccc2)N1.CCCC[C@]1(CC)CS(=O)(=O)c2cc(OC)c(Br)cc2[C@@H](c2ccccc2)N1.CCCC[C@]1(CC)CS(=O)(=O)c2cc(OC)c(Br)cc2[C@@H](c2ccccc2)N1O.CCCC[C@]1(CC)CS(=O)(=O)c2cc(OC)c(O)cc2[C@@H](c2ccccc2)N1. The van der Waals surface area contributed by atoms with E-state index in [0.29, 0.717) is 63.2 Å². The largest absolute Gasteiger partial charge is 0.504 e. The zero-order valence-electron chi connectivity index (χ0n) is 66.2. The van der Waals surface area contributed by atoms with Gasteiger partial charge < -0.3 is 34.7 Å². The van der Waals surface area contributed by atoms with Gasteiger partial charge in [-0.05, 0) is 152 Å². The van der Waals surface area contributed by atoms with E-state index < -0.39 is 73.3 Å². The first-order valence-corrected chi connectivity index (χ1v) is 47.2. The lowest BCUT2D eigenvalue weighted by molar-refractivity contribution is -0.193. The van der Waals surface area contributed by atoms with Gasteiger partial charge in [-0.2, -0.15) is 5.06 Å². The van der Waals surface area contributed by atoms with E-state index in [-0.39, 0.29) is 73.1 Å². The lowest BCUT2D eigenvalue weighted by Gasteiger charge is -2.42. The van der Waals surface area contributed by atoms with E-state index >= 15 is 0 Å². The van der Waals surface area contributed by atoms with E-state index in [1.165, 1.54) is 43.5 Å². The maximum atomic E-state index is 13.5. The molecular weight excluding hydrogens is 1630 g/mol. The standard InChI is InChI=1S/C22H28BrNO4S.C22H28BrNO3S.C22H29NO4S.C21H27NO4S/c1-4-6-12-22(5-2)15-29(26,27)20-14-19(28-3)18(23)13-17(20)21(24(22)25)16-10-8-7-9-11-16;1-4-6-12-22(5-2)15-28(25,26)20-14-19(27-3)18(23)13-17(20)21(24-22)16-10-8-7-9-11-16;1-4-6-12-22(5-2)15-28(25,26)20-14-19(27-3)18(24)13-17(20)21(23-22)16-10-8-7-9-11-16;1-3-5-11-21(4-2)14-27(25,26)19-13-18(24)17(23)12-16(19)20(22-21)15-9-7-6-8-10-15/h7-11,13-14,21,25H,4-6,12,15H2,1-3H3;7-11,13-14,21,24H,4-6,12,15H2,1-3H3;7-11,13-14,21,23-24H,4-6,12,15H2,1-3H3;6-10,12-13,20,22-24H,3-5,11,14H2,1-2H3/t3*21-,22-;20-,21-/m1111/s1. The molecule has 0 aromatic heterocycles. The summed E-state index contributed by atoms with van der Waals surface area (Å²) in [5.74, 6) is 0.339. The number of nitrogens with one attached hydrogen (secondary N) is 3. The molecule has 0 bridgehead atoms. The zero-order chi connectivity index (χ0) is 81.6. The Morgan fingerprint density at radius 2 is 0.670 bits per heavy atom. The van der Waals surface area contributed by atoms with Crippen molar-refractivity contribution in [3.05, 3.63) is 223 Å². The van der Waals surface area contributed by atoms with Crippen LogP contribution >= 0.6 is 31.9 Å². The number of ether oxygens (including phenoxy) is 3. The number of benzene rings is 8. The molecule has 7 N–H and O–H groups in total. The molecule has 8 atom stereocenters. The minimum Gasteiger partial charge on any atom is -0.504 e. The van der Waals surface area contributed by atoms with Gasteiger partial charge in [0.1, 0.15) is 11.5 Å². The maximum Gasteiger partial charge on any atom is 0.180 e. The third-order valence-corrected chi connectivity index (χ3v) is 31.8. The summed E-state index contributed by atoms with van der Waals surface area (Å²) >= 11 is 7.02. The van der Waals surface area contributed by atoms with Crippen molar-refractivity contribution < 1.29 is 68.4 Å². The maximum absolute atomic E-state index is 13.5. The van der Waals surface area contributed by atoms with E-state index in [0.717, 1.165) is 109 Å². The molecule has 0 saturated heterocycles. The topological polar surface area (TPSA) is 284 Å². The quantitative estimate of drug-likeness (QED) is 0.0293. The fourth-order valence-electron chi connectivity index (χ4n) is 16.1. The Morgan fingerprint density at radius 1 is 0.375 bits per heavy atom. The van der Waals surface area contributed by atoms with Crippen molar-refractivity contribution in [1.82, 2.24) is 21.0 Å². The number of rotatable bonds is 23. The number of phenolic OH excluding ortho intramolecular Hbond substituents is 3. The highest BCUT2D eigenvalue weighted by atomic mass is 79.9. The first-order chi connectivity index (χ1) is 53.3. The lowest BCUT2D eigenvalue weighted by Crippen LogP contribution is -2.51. The monoisotopic (exact) mass is 1740 g/mol. The normalized spacial score (nSPS) is 23.8. The van der Waals surface area contributed by atoms with Crippen LogP contribution in [0.4, 0.5) is 0 Å². The summed E-state index contributed by atoms with van der Waals surface area (Å²) < 4.78 is 125. The Balaban J connectivity index is 0.000000171. The number of phenols is 3. The number of sulfone groups is 4. The molecule has 8 aromatic carbocycles. The smallest absolute Gasteiger partial charge is 0.180 e. The van der Waals surface area contributed by atoms with Crippen molar-refractivity contribution in [1.29, 1.82) is 0 Å². The van der Waals surface area contributed by atoms with Gasteiger partial charge in [-0.1, -0.05) is 228 Å². The van der Waals surface area contributed by atoms with Gasteiger partial charge in [0.15, 0.2) is 62.3 Å². The second-order valence-corrected chi connectivity index (χ2v) is 39.6. The predicted molar refractivity (Wildman–Crippen MR) is 450 cm³/mol. The summed E-state index contributed by atoms with van der Waals surface area (Å²) in [6.45, 7) is 16.5. The molecule has 0 fully saturated rings. The molecule has 0 saturated carbocycles. The van der Waals surface area contributed by atoms with Gasteiger partial charge in [-0.15, -0.1) is 0 Å². The van der Waals surface area contributed by atoms with Crippen molar-refractivity contribution in [3.63, 3.8) is 0 Å². The second-order valence-electron chi connectivity index (χ2n) is 30.0. The Morgan fingerprint density at radius 3 is 1.02 bits per heavy atom. The summed E-state index contributed by atoms with van der Waals surface area (Å²) in [5, 5.41) is 54.3. The fourth-order valence-corrected chi connectivity index (χ4v) is 25.7. The number of aromatic hydroxyl groups is 3. The number of halogens is 2. The summed E-state index contributed by atoms with van der Waals surface area (Å²) in [7, 11) is -9.86. The van der Waals surface area contributed by atoms with Gasteiger partial charge in [0.05, 0.1) is 103 Å². The van der Waals surface area contributed by atoms with E-state index in [1.54, 1.807) is 25.3 Å². The van der Waals surface area contributed by atoms with Gasteiger partial charge >= 0.3 is 0 Å². The van der Waals surface area contributed by atoms with Crippen molar-refractivity contribution in [2.75, 3.05) is 44.3 Å². The highest BCUT2D eigenvalue weighted by molar-refractivity contribution is 9.11. The van der Waals surface area contributed by atoms with Crippen LogP contribution in [0.3, 0.4) is 0 Å². The summed E-state index contributed by atoms with van der Waals surface area (Å²) in [5.41, 5.74) is 3.74. The van der Waals surface area contributed by atoms with Crippen LogP contribution in [0.5, 0.6) is 34.5 Å². The van der Waals surface area contributed by atoms with E-state index in [2.05, 4.69) is 94.6 Å². The van der Waals surface area contributed by atoms with Crippen molar-refractivity contribution in [2.24, 2.45) is 0 Å². The first-order valence-electron chi connectivity index (χ1n) is 39.0. The number of hydrogen-bond acceptors (Lipinski definition) is 19. The molecule has 608 valence electrons. The minimum absolute atomic E-state index is 0.0285. The molecule has 19 nitrogen and oxygen atoms in total. The molecule has 4 aliphatic heterocycles. The highest BCUT2D eigenvalue weighted by Gasteiger charge is 2.50. The summed E-state index contributed by atoms with van der Waals surface area (Å²) in [6.07, 6.45) is 13.2. The minimum atomic E-state index is -3.65. The molecule has 0 spiro atoms. The van der Waals surface area contributed by atoms with Gasteiger partial charge in [-0.3, -0.25) is 16.0 Å². The summed E-state index contributed by atoms with van der Waals surface area (Å²) in [6, 6.07) is 50.0. The molecule has 4 aliphatic rings. The van der Waals surface area contributed by atoms with Crippen LogP contribution in [-0.4, -0.2) is 126 Å². The molecule has 0 amide bonds. The number of fused-ring (bicyclic) bond motifs is 4. The third-order valence-electron chi connectivity index (χ3n) is 22.7. The van der Waals surface area contributed by atoms with E-state index in [4.69, 9.17) is 14.2 Å². The lowest BCUT2D eigenvalue weighted by atomic mass is 9.87. The number of hydrogen-bond donors (Lipinski definition) is 7. The molecular formula is C87H112Br2N4O15S4. The molecule has 0 unspecified atom stereocenters. The van der Waals surface area contributed by atoms with Crippen LogP contribution in [-0.2, 0) is 39.3 Å². The Kier molecular flexibility index (Phi) is 30.4. The number of hydroxylamine groups is 2. The second kappa shape index (κ2) is 38.3. The van der Waals surface area contributed by atoms with E-state index in [9.17, 15) is 54.2 Å². The number of methoxy groups -OCH3 is 3. The predicted octanol–water partition coefficient (Wildman–Crippen LogP) is 18.7. The summed E-state index contributed by atoms with van der Waals surface area (Å²) in [4.78, 5) is 0.902. The average molecular weight is 1740 g/mol. The van der Waals surface area contributed by atoms with Crippen LogP contribution in [0.15, 0.2) is 198 Å². The van der Waals surface area contributed by atoms with Crippen molar-refractivity contribution in [3.8, 4) is 34.5 Å².